The van der Waals surface area contributed by atoms with Gasteiger partial charge in [0.05, 0.1) is 5.56 Å². The standard InChI is InChI=1S/C13H12ClN3O3/c1-8-5-11(17-16-8)15-12(18)7-20-13(19)9-3-2-4-10(14)6-9/h2-6H,7H2,1H3,(H2,15,16,17,18). The van der Waals surface area contributed by atoms with Crippen LogP contribution in [-0.2, 0) is 9.53 Å². The molecule has 104 valence electrons. The van der Waals surface area contributed by atoms with E-state index in [1.807, 2.05) is 6.92 Å². The quantitative estimate of drug-likeness (QED) is 0.846. The molecular weight excluding hydrogens is 282 g/mol. The number of carbonyl (C=O) groups is 2. The van der Waals surface area contributed by atoms with Crippen LogP contribution in [0.25, 0.3) is 0 Å². The van der Waals surface area contributed by atoms with Gasteiger partial charge in [-0.1, -0.05) is 17.7 Å². The zero-order valence-electron chi connectivity index (χ0n) is 10.6. The van der Waals surface area contributed by atoms with E-state index in [9.17, 15) is 9.59 Å². The second-order valence-electron chi connectivity index (χ2n) is 4.07. The minimum absolute atomic E-state index is 0.293. The molecule has 0 aliphatic carbocycles. The predicted octanol–water partition coefficient (Wildman–Crippen LogP) is 2.17. The van der Waals surface area contributed by atoms with E-state index in [2.05, 4.69) is 15.5 Å². The molecule has 0 bridgehead atoms. The molecule has 0 spiro atoms. The van der Waals surface area contributed by atoms with Gasteiger partial charge < -0.3 is 10.1 Å². The Morgan fingerprint density at radius 2 is 2.20 bits per heavy atom. The van der Waals surface area contributed by atoms with Crippen LogP contribution in [0.15, 0.2) is 30.3 Å². The summed E-state index contributed by atoms with van der Waals surface area (Å²) in [5.74, 6) is -0.695. The first-order valence-corrected chi connectivity index (χ1v) is 6.17. The number of benzene rings is 1. The van der Waals surface area contributed by atoms with Crippen molar-refractivity contribution in [3.05, 3.63) is 46.6 Å². The Bertz CT molecular complexity index is 639. The topological polar surface area (TPSA) is 84.1 Å². The van der Waals surface area contributed by atoms with E-state index >= 15 is 0 Å². The Balaban J connectivity index is 1.85. The molecule has 0 saturated carbocycles. The fourth-order valence-electron chi connectivity index (χ4n) is 1.49. The fraction of sp³-hybridized carbons (Fsp3) is 0.154. The van der Waals surface area contributed by atoms with E-state index in [4.69, 9.17) is 16.3 Å². The summed E-state index contributed by atoms with van der Waals surface area (Å²) in [6.07, 6.45) is 0. The largest absolute Gasteiger partial charge is 0.452 e. The number of nitrogens with zero attached hydrogens (tertiary/aromatic N) is 1. The van der Waals surface area contributed by atoms with Crippen molar-refractivity contribution in [3.8, 4) is 0 Å². The van der Waals surface area contributed by atoms with Crippen LogP contribution in [0.1, 0.15) is 16.1 Å². The maximum absolute atomic E-state index is 11.7. The average Bonchev–Trinajstić information content (AvgIpc) is 2.81. The van der Waals surface area contributed by atoms with E-state index < -0.39 is 18.5 Å². The second kappa shape index (κ2) is 6.21. The van der Waals surface area contributed by atoms with E-state index in [0.717, 1.165) is 5.69 Å². The number of nitrogens with one attached hydrogen (secondary N) is 2. The van der Waals surface area contributed by atoms with Gasteiger partial charge in [0, 0.05) is 16.8 Å². The summed E-state index contributed by atoms with van der Waals surface area (Å²) in [5, 5.41) is 9.44. The van der Waals surface area contributed by atoms with Crippen molar-refractivity contribution in [2.24, 2.45) is 0 Å². The summed E-state index contributed by atoms with van der Waals surface area (Å²) < 4.78 is 4.88. The van der Waals surface area contributed by atoms with Crippen LogP contribution in [0, 0.1) is 6.92 Å². The molecule has 0 radical (unpaired) electrons. The number of aromatic nitrogens is 2. The van der Waals surface area contributed by atoms with Crippen molar-refractivity contribution in [1.82, 2.24) is 10.2 Å². The zero-order chi connectivity index (χ0) is 14.5. The molecule has 2 rings (SSSR count). The highest BCUT2D eigenvalue weighted by molar-refractivity contribution is 6.30. The number of hydrogen-bond acceptors (Lipinski definition) is 4. The Labute approximate surface area is 120 Å². The van der Waals surface area contributed by atoms with E-state index in [-0.39, 0.29) is 0 Å². The average molecular weight is 294 g/mol. The molecule has 20 heavy (non-hydrogen) atoms. The van der Waals surface area contributed by atoms with Crippen molar-refractivity contribution in [2.75, 3.05) is 11.9 Å². The molecule has 2 N–H and O–H groups in total. The number of hydrogen-bond donors (Lipinski definition) is 2. The van der Waals surface area contributed by atoms with E-state index in [1.54, 1.807) is 24.3 Å². The van der Waals surface area contributed by atoms with Gasteiger partial charge in [0.2, 0.25) is 0 Å². The molecule has 1 aromatic carbocycles. The Kier molecular flexibility index (Phi) is 4.37. The molecular formula is C13H12ClN3O3. The van der Waals surface area contributed by atoms with Crippen molar-refractivity contribution in [3.63, 3.8) is 0 Å². The lowest BCUT2D eigenvalue weighted by atomic mass is 10.2. The van der Waals surface area contributed by atoms with Gasteiger partial charge in [-0.25, -0.2) is 4.79 Å². The molecule has 6 nitrogen and oxygen atoms in total. The SMILES string of the molecule is Cc1cc(NC(=O)COC(=O)c2cccc(Cl)c2)n[nH]1. The monoisotopic (exact) mass is 293 g/mol. The molecule has 0 fully saturated rings. The van der Waals surface area contributed by atoms with Gasteiger partial charge in [-0.2, -0.15) is 5.10 Å². The lowest BCUT2D eigenvalue weighted by molar-refractivity contribution is -0.119. The maximum Gasteiger partial charge on any atom is 0.338 e. The lowest BCUT2D eigenvalue weighted by Crippen LogP contribution is -2.21. The number of aromatic amines is 1. The number of ether oxygens (including phenoxy) is 1. The third-order valence-corrected chi connectivity index (χ3v) is 2.60. The number of carbonyl (C=O) groups excluding carboxylic acids is 2. The molecule has 0 atom stereocenters. The summed E-state index contributed by atoms with van der Waals surface area (Å²) >= 11 is 5.76. The van der Waals surface area contributed by atoms with Gasteiger partial charge in [0.1, 0.15) is 0 Å². The number of amides is 1. The van der Waals surface area contributed by atoms with Crippen LogP contribution in [0.4, 0.5) is 5.82 Å². The number of halogens is 1. The number of aryl methyl sites for hydroxylation is 1. The highest BCUT2D eigenvalue weighted by Gasteiger charge is 2.11. The van der Waals surface area contributed by atoms with Crippen molar-refractivity contribution < 1.29 is 14.3 Å². The Hall–Kier alpha value is -2.34. The number of anilines is 1. The normalized spacial score (nSPS) is 10.1. The van der Waals surface area contributed by atoms with Crippen LogP contribution in [0.2, 0.25) is 5.02 Å². The van der Waals surface area contributed by atoms with E-state index in [0.29, 0.717) is 16.4 Å². The molecule has 1 amide bonds. The van der Waals surface area contributed by atoms with Gasteiger partial charge in [0.25, 0.3) is 5.91 Å². The van der Waals surface area contributed by atoms with Gasteiger partial charge in [-0.3, -0.25) is 9.89 Å². The molecule has 0 unspecified atom stereocenters. The molecule has 0 saturated heterocycles. The maximum atomic E-state index is 11.7. The molecule has 1 heterocycles. The number of rotatable bonds is 4. The molecule has 1 aromatic heterocycles. The van der Waals surface area contributed by atoms with Crippen LogP contribution < -0.4 is 5.32 Å². The Morgan fingerprint density at radius 1 is 1.40 bits per heavy atom. The second-order valence-corrected chi connectivity index (χ2v) is 4.51. The highest BCUT2D eigenvalue weighted by Crippen LogP contribution is 2.11. The van der Waals surface area contributed by atoms with Gasteiger partial charge >= 0.3 is 5.97 Å². The van der Waals surface area contributed by atoms with Crippen LogP contribution in [0.5, 0.6) is 0 Å². The van der Waals surface area contributed by atoms with Gasteiger partial charge in [-0.05, 0) is 25.1 Å². The zero-order valence-corrected chi connectivity index (χ0v) is 11.4. The first-order valence-electron chi connectivity index (χ1n) is 5.79. The van der Waals surface area contributed by atoms with E-state index in [1.165, 1.54) is 6.07 Å². The first-order chi connectivity index (χ1) is 9.54. The Morgan fingerprint density at radius 3 is 2.85 bits per heavy atom. The summed E-state index contributed by atoms with van der Waals surface area (Å²) in [4.78, 5) is 23.2. The molecule has 2 aromatic rings. The number of H-pyrrole nitrogens is 1. The predicted molar refractivity (Wildman–Crippen MR) is 73.7 cm³/mol. The number of esters is 1. The van der Waals surface area contributed by atoms with Crippen LogP contribution >= 0.6 is 11.6 Å². The lowest BCUT2D eigenvalue weighted by Gasteiger charge is -2.04. The summed E-state index contributed by atoms with van der Waals surface area (Å²) in [6.45, 7) is 1.42. The van der Waals surface area contributed by atoms with Gasteiger partial charge in [0.15, 0.2) is 12.4 Å². The smallest absolute Gasteiger partial charge is 0.338 e. The summed E-state index contributed by atoms with van der Waals surface area (Å²) in [5.41, 5.74) is 1.11. The van der Waals surface area contributed by atoms with Crippen LogP contribution in [0.3, 0.4) is 0 Å². The third kappa shape index (κ3) is 3.83. The molecule has 0 aliphatic rings. The van der Waals surface area contributed by atoms with Gasteiger partial charge in [-0.15, -0.1) is 0 Å². The van der Waals surface area contributed by atoms with Crippen molar-refractivity contribution in [1.29, 1.82) is 0 Å². The molecule has 7 heteroatoms. The summed E-state index contributed by atoms with van der Waals surface area (Å²) in [6, 6.07) is 7.97. The van der Waals surface area contributed by atoms with Crippen molar-refractivity contribution in [2.45, 2.75) is 6.92 Å². The minimum atomic E-state index is -0.610. The first kappa shape index (κ1) is 14.1. The third-order valence-electron chi connectivity index (χ3n) is 2.37. The fourth-order valence-corrected chi connectivity index (χ4v) is 1.68. The van der Waals surface area contributed by atoms with Crippen LogP contribution in [-0.4, -0.2) is 28.7 Å². The van der Waals surface area contributed by atoms with Crippen molar-refractivity contribution >= 4 is 29.3 Å². The highest BCUT2D eigenvalue weighted by atomic mass is 35.5. The summed E-state index contributed by atoms with van der Waals surface area (Å²) in [7, 11) is 0. The minimum Gasteiger partial charge on any atom is -0.452 e. The molecule has 0 aliphatic heterocycles.